The zero-order valence-electron chi connectivity index (χ0n) is 19.2. The molecule has 0 saturated heterocycles. The zero-order valence-corrected chi connectivity index (χ0v) is 20.0. The number of rotatable bonds is 5. The number of carbonyl (C=O) groups excluding carboxylic acids is 1. The highest BCUT2D eigenvalue weighted by Crippen LogP contribution is 2.31. The maximum Gasteiger partial charge on any atom is 0.338 e. The molecule has 0 amide bonds. The van der Waals surface area contributed by atoms with Crippen LogP contribution < -0.4 is 24.5 Å². The number of esters is 1. The maximum atomic E-state index is 13.5. The van der Waals surface area contributed by atoms with Gasteiger partial charge in [0.15, 0.2) is 4.80 Å². The number of thiazole rings is 1. The third-order valence-electron chi connectivity index (χ3n) is 5.57. The summed E-state index contributed by atoms with van der Waals surface area (Å²) in [7, 11) is 6.88. The SMILES string of the molecule is COC(=O)C1=C(C)N=c2s/c(=C\c3ccc(N(C)C)cc3)c(=O)n2C1c1ccc(OC)cc1. The Morgan fingerprint density at radius 3 is 2.33 bits per heavy atom. The van der Waals surface area contributed by atoms with Gasteiger partial charge in [0.05, 0.1) is 36.1 Å². The Labute approximate surface area is 195 Å². The van der Waals surface area contributed by atoms with Gasteiger partial charge >= 0.3 is 5.97 Å². The lowest BCUT2D eigenvalue weighted by Gasteiger charge is -2.24. The molecule has 1 unspecified atom stereocenters. The smallest absolute Gasteiger partial charge is 0.338 e. The van der Waals surface area contributed by atoms with Crippen LogP contribution in [-0.2, 0) is 9.53 Å². The number of fused-ring (bicyclic) bond motifs is 1. The number of hydrogen-bond donors (Lipinski definition) is 0. The molecule has 2 aromatic carbocycles. The number of nitrogens with zero attached hydrogens (tertiary/aromatic N) is 3. The van der Waals surface area contributed by atoms with E-state index in [2.05, 4.69) is 4.99 Å². The molecule has 2 heterocycles. The van der Waals surface area contributed by atoms with Crippen molar-refractivity contribution in [2.75, 3.05) is 33.2 Å². The minimum absolute atomic E-state index is 0.204. The van der Waals surface area contributed by atoms with Gasteiger partial charge in [-0.2, -0.15) is 0 Å². The third kappa shape index (κ3) is 4.21. The second kappa shape index (κ2) is 9.07. The molecule has 4 rings (SSSR count). The number of ether oxygens (including phenoxy) is 2. The molecular weight excluding hydrogens is 438 g/mol. The van der Waals surface area contributed by atoms with Crippen molar-refractivity contribution in [3.63, 3.8) is 0 Å². The number of anilines is 1. The minimum atomic E-state index is -0.641. The fourth-order valence-corrected chi connectivity index (χ4v) is 4.86. The molecule has 0 radical (unpaired) electrons. The van der Waals surface area contributed by atoms with E-state index in [4.69, 9.17) is 9.47 Å². The van der Waals surface area contributed by atoms with Crippen LogP contribution in [0.2, 0.25) is 0 Å². The van der Waals surface area contributed by atoms with Crippen LogP contribution in [0.25, 0.3) is 6.08 Å². The van der Waals surface area contributed by atoms with E-state index < -0.39 is 12.0 Å². The highest BCUT2D eigenvalue weighted by Gasteiger charge is 2.33. The van der Waals surface area contributed by atoms with Crippen LogP contribution in [0.4, 0.5) is 5.69 Å². The fourth-order valence-electron chi connectivity index (χ4n) is 3.81. The molecule has 33 heavy (non-hydrogen) atoms. The number of methoxy groups -OCH3 is 2. The molecule has 0 N–H and O–H groups in total. The Morgan fingerprint density at radius 1 is 1.09 bits per heavy atom. The number of carbonyl (C=O) groups is 1. The lowest BCUT2D eigenvalue weighted by Crippen LogP contribution is -2.39. The van der Waals surface area contributed by atoms with Gasteiger partial charge in [0.2, 0.25) is 0 Å². The molecule has 0 saturated carbocycles. The van der Waals surface area contributed by atoms with E-state index in [-0.39, 0.29) is 5.56 Å². The Balaban J connectivity index is 1.90. The second-order valence-corrected chi connectivity index (χ2v) is 8.84. The highest BCUT2D eigenvalue weighted by atomic mass is 32.1. The average molecular weight is 464 g/mol. The third-order valence-corrected chi connectivity index (χ3v) is 6.55. The van der Waals surface area contributed by atoms with Gasteiger partial charge in [-0.25, -0.2) is 9.79 Å². The van der Waals surface area contributed by atoms with Gasteiger partial charge in [0.25, 0.3) is 5.56 Å². The predicted octanol–water partition coefficient (Wildman–Crippen LogP) is 2.48. The first-order chi connectivity index (χ1) is 15.8. The van der Waals surface area contributed by atoms with Crippen molar-refractivity contribution in [1.29, 1.82) is 0 Å². The molecule has 0 aliphatic carbocycles. The topological polar surface area (TPSA) is 73.1 Å². The predicted molar refractivity (Wildman–Crippen MR) is 130 cm³/mol. The first-order valence-corrected chi connectivity index (χ1v) is 11.2. The van der Waals surface area contributed by atoms with Crippen LogP contribution in [-0.4, -0.2) is 38.9 Å². The van der Waals surface area contributed by atoms with Gasteiger partial charge in [-0.05, 0) is 48.4 Å². The molecule has 0 fully saturated rings. The Kier molecular flexibility index (Phi) is 6.20. The van der Waals surface area contributed by atoms with Gasteiger partial charge < -0.3 is 14.4 Å². The summed E-state index contributed by atoms with van der Waals surface area (Å²) < 4.78 is 12.4. The molecule has 170 valence electrons. The minimum Gasteiger partial charge on any atom is -0.497 e. The molecule has 0 bridgehead atoms. The lowest BCUT2D eigenvalue weighted by molar-refractivity contribution is -0.136. The first-order valence-electron chi connectivity index (χ1n) is 10.4. The Bertz CT molecular complexity index is 1400. The number of benzene rings is 2. The van der Waals surface area contributed by atoms with Crippen LogP contribution in [0.5, 0.6) is 5.75 Å². The van der Waals surface area contributed by atoms with Crippen molar-refractivity contribution in [1.82, 2.24) is 4.57 Å². The van der Waals surface area contributed by atoms with Gasteiger partial charge in [-0.1, -0.05) is 35.6 Å². The largest absolute Gasteiger partial charge is 0.497 e. The van der Waals surface area contributed by atoms with Crippen molar-refractivity contribution >= 4 is 29.1 Å². The average Bonchev–Trinajstić information content (AvgIpc) is 3.12. The lowest BCUT2D eigenvalue weighted by atomic mass is 9.96. The molecule has 1 aromatic heterocycles. The summed E-state index contributed by atoms with van der Waals surface area (Å²) >= 11 is 1.31. The summed E-state index contributed by atoms with van der Waals surface area (Å²) in [5.41, 5.74) is 3.43. The van der Waals surface area contributed by atoms with E-state index in [1.807, 2.05) is 73.6 Å². The van der Waals surface area contributed by atoms with Crippen molar-refractivity contribution in [3.05, 3.63) is 90.6 Å². The molecule has 3 aromatic rings. The van der Waals surface area contributed by atoms with Crippen LogP contribution in [0.1, 0.15) is 24.1 Å². The summed E-state index contributed by atoms with van der Waals surface area (Å²) in [6.45, 7) is 1.76. The summed E-state index contributed by atoms with van der Waals surface area (Å²) in [6, 6.07) is 14.6. The van der Waals surface area contributed by atoms with Gasteiger partial charge in [-0.3, -0.25) is 9.36 Å². The van der Waals surface area contributed by atoms with E-state index in [0.717, 1.165) is 16.8 Å². The van der Waals surface area contributed by atoms with Crippen LogP contribution in [0.3, 0.4) is 0 Å². The molecule has 8 heteroatoms. The van der Waals surface area contributed by atoms with Crippen molar-refractivity contribution < 1.29 is 14.3 Å². The van der Waals surface area contributed by atoms with Gasteiger partial charge in [0.1, 0.15) is 5.75 Å². The highest BCUT2D eigenvalue weighted by molar-refractivity contribution is 7.07. The van der Waals surface area contributed by atoms with E-state index in [1.54, 1.807) is 18.6 Å². The molecule has 1 atom stereocenters. The van der Waals surface area contributed by atoms with E-state index in [9.17, 15) is 9.59 Å². The molecular formula is C25H25N3O4S. The van der Waals surface area contributed by atoms with E-state index in [0.29, 0.717) is 26.4 Å². The molecule has 0 spiro atoms. The van der Waals surface area contributed by atoms with Crippen LogP contribution >= 0.6 is 11.3 Å². The molecule has 1 aliphatic heterocycles. The number of aromatic nitrogens is 1. The second-order valence-electron chi connectivity index (χ2n) is 7.83. The Hall–Kier alpha value is -3.65. The first kappa shape index (κ1) is 22.5. The summed E-state index contributed by atoms with van der Waals surface area (Å²) in [5, 5.41) is 0. The molecule has 1 aliphatic rings. The van der Waals surface area contributed by atoms with Crippen LogP contribution in [0, 0.1) is 0 Å². The number of allylic oxidation sites excluding steroid dienone is 1. The normalized spacial score (nSPS) is 15.7. The van der Waals surface area contributed by atoms with Crippen molar-refractivity contribution in [2.24, 2.45) is 4.99 Å². The standard InChI is InChI=1S/C25H25N3O4S/c1-15-21(24(30)32-5)22(17-8-12-19(31-4)13-9-17)28-23(29)20(33-25(28)26-15)14-16-6-10-18(11-7-16)27(2)3/h6-14,22H,1-5H3/b20-14-. The summed E-state index contributed by atoms with van der Waals surface area (Å²) in [4.78, 5) is 33.4. The summed E-state index contributed by atoms with van der Waals surface area (Å²) in [5.74, 6) is 0.179. The van der Waals surface area contributed by atoms with Gasteiger partial charge in [0, 0.05) is 19.8 Å². The monoisotopic (exact) mass is 463 g/mol. The maximum absolute atomic E-state index is 13.5. The van der Waals surface area contributed by atoms with E-state index >= 15 is 0 Å². The van der Waals surface area contributed by atoms with Crippen molar-refractivity contribution in [3.8, 4) is 5.75 Å². The van der Waals surface area contributed by atoms with Gasteiger partial charge in [-0.15, -0.1) is 0 Å². The summed E-state index contributed by atoms with van der Waals surface area (Å²) in [6.07, 6.45) is 1.85. The quantitative estimate of drug-likeness (QED) is 0.544. The van der Waals surface area contributed by atoms with Crippen LogP contribution in [0.15, 0.2) is 69.6 Å². The Morgan fingerprint density at radius 2 is 1.76 bits per heavy atom. The zero-order chi connectivity index (χ0) is 23.7. The number of hydrogen-bond acceptors (Lipinski definition) is 7. The van der Waals surface area contributed by atoms with E-state index in [1.165, 1.54) is 18.4 Å². The molecule has 7 nitrogen and oxygen atoms in total. The fraction of sp³-hybridized carbons (Fsp3) is 0.240. The van der Waals surface area contributed by atoms with Crippen molar-refractivity contribution in [2.45, 2.75) is 13.0 Å².